The topological polar surface area (TPSA) is 17.1 Å². The van der Waals surface area contributed by atoms with Gasteiger partial charge in [-0.05, 0) is 12.8 Å². The summed E-state index contributed by atoms with van der Waals surface area (Å²) in [6, 6.07) is 0. The Morgan fingerprint density at radius 2 is 1.79 bits per heavy atom. The van der Waals surface area contributed by atoms with Crippen molar-refractivity contribution in [1.82, 2.24) is 0 Å². The molecule has 0 aromatic rings. The molecule has 0 aliphatic heterocycles. The number of carbonyl (C=O) groups is 1. The second-order valence-corrected chi connectivity index (χ2v) is 4.31. The van der Waals surface area contributed by atoms with Gasteiger partial charge in [-0.1, -0.05) is 19.8 Å². The molecule has 1 nitrogen and oxygen atoms in total. The number of halogens is 3. The van der Waals surface area contributed by atoms with E-state index in [0.717, 1.165) is 25.7 Å². The number of hydrogen-bond acceptors (Lipinski definition) is 1. The minimum atomic E-state index is -4.20. The quantitative estimate of drug-likeness (QED) is 0.694. The lowest BCUT2D eigenvalue weighted by molar-refractivity contribution is -0.147. The third-order valence-corrected chi connectivity index (χ3v) is 3.02. The summed E-state index contributed by atoms with van der Waals surface area (Å²) < 4.78 is 35.6. The molecule has 14 heavy (non-hydrogen) atoms. The summed E-state index contributed by atoms with van der Waals surface area (Å²) in [6.45, 7) is 1.79. The molecule has 1 rings (SSSR count). The monoisotopic (exact) mass is 208 g/mol. The lowest BCUT2D eigenvalue weighted by atomic mass is 9.82. The van der Waals surface area contributed by atoms with Crippen LogP contribution in [0.5, 0.6) is 0 Å². The van der Waals surface area contributed by atoms with E-state index in [9.17, 15) is 18.0 Å². The zero-order chi connectivity index (χ0) is 10.8. The van der Waals surface area contributed by atoms with Crippen molar-refractivity contribution >= 4 is 5.78 Å². The molecule has 0 bridgehead atoms. The van der Waals surface area contributed by atoms with Crippen LogP contribution in [0.25, 0.3) is 0 Å². The van der Waals surface area contributed by atoms with E-state index in [1.807, 2.05) is 0 Å². The van der Waals surface area contributed by atoms with Gasteiger partial charge < -0.3 is 0 Å². The van der Waals surface area contributed by atoms with Gasteiger partial charge in [-0.25, -0.2) is 0 Å². The second-order valence-electron chi connectivity index (χ2n) is 4.31. The van der Waals surface area contributed by atoms with Crippen molar-refractivity contribution in [1.29, 1.82) is 0 Å². The molecule has 0 heterocycles. The minimum Gasteiger partial charge on any atom is -0.299 e. The number of alkyl halides is 3. The van der Waals surface area contributed by atoms with Crippen LogP contribution in [0.2, 0.25) is 0 Å². The van der Waals surface area contributed by atoms with Gasteiger partial charge in [0.2, 0.25) is 0 Å². The molecule has 1 aliphatic carbocycles. The maximum absolute atomic E-state index is 11.9. The van der Waals surface area contributed by atoms with Crippen molar-refractivity contribution in [2.24, 2.45) is 5.41 Å². The van der Waals surface area contributed by atoms with E-state index in [4.69, 9.17) is 0 Å². The van der Waals surface area contributed by atoms with E-state index in [-0.39, 0.29) is 12.2 Å². The van der Waals surface area contributed by atoms with Gasteiger partial charge in [-0.15, -0.1) is 0 Å². The summed E-state index contributed by atoms with van der Waals surface area (Å²) in [6.07, 6.45) is -2.08. The van der Waals surface area contributed by atoms with Crippen LogP contribution in [-0.4, -0.2) is 12.0 Å². The highest BCUT2D eigenvalue weighted by Crippen LogP contribution is 2.40. The number of hydrogen-bond donors (Lipinski definition) is 0. The van der Waals surface area contributed by atoms with Gasteiger partial charge in [0.15, 0.2) is 0 Å². The van der Waals surface area contributed by atoms with Gasteiger partial charge in [0.1, 0.15) is 5.78 Å². The average molecular weight is 208 g/mol. The average Bonchev–Trinajstić information content (AvgIpc) is 2.48. The Hall–Kier alpha value is -0.540. The van der Waals surface area contributed by atoms with Crippen LogP contribution >= 0.6 is 0 Å². The standard InChI is InChI=1S/C10H15F3O/c1-9(5-2-3-6-9)8(14)4-7-10(11,12)13/h2-7H2,1H3. The van der Waals surface area contributed by atoms with E-state index in [1.54, 1.807) is 6.92 Å². The molecule has 0 aromatic heterocycles. The normalized spacial score (nSPS) is 21.1. The minimum absolute atomic E-state index is 0.215. The summed E-state index contributed by atoms with van der Waals surface area (Å²) in [5, 5.41) is 0. The van der Waals surface area contributed by atoms with Gasteiger partial charge in [-0.2, -0.15) is 13.2 Å². The molecule has 0 aromatic carbocycles. The smallest absolute Gasteiger partial charge is 0.299 e. The molecule has 0 unspecified atom stereocenters. The SMILES string of the molecule is CC1(C(=O)CCC(F)(F)F)CCCC1. The Labute approximate surface area is 81.7 Å². The van der Waals surface area contributed by atoms with Crippen LogP contribution in [0.1, 0.15) is 45.4 Å². The van der Waals surface area contributed by atoms with E-state index in [2.05, 4.69) is 0 Å². The molecule has 4 heteroatoms. The highest BCUT2D eigenvalue weighted by Gasteiger charge is 2.37. The maximum Gasteiger partial charge on any atom is 0.389 e. The van der Waals surface area contributed by atoms with E-state index in [0.29, 0.717) is 0 Å². The first kappa shape index (κ1) is 11.5. The molecular formula is C10H15F3O. The van der Waals surface area contributed by atoms with Crippen LogP contribution in [0.4, 0.5) is 13.2 Å². The predicted octanol–water partition coefficient (Wildman–Crippen LogP) is 3.48. The molecule has 82 valence electrons. The summed E-state index contributed by atoms with van der Waals surface area (Å²) in [4.78, 5) is 11.5. The van der Waals surface area contributed by atoms with Crippen molar-refractivity contribution < 1.29 is 18.0 Å². The molecule has 0 amide bonds. The number of Topliss-reactive ketones (excluding diaryl/α,β-unsaturated/α-hetero) is 1. The molecule has 0 atom stereocenters. The highest BCUT2D eigenvalue weighted by atomic mass is 19.4. The molecular weight excluding hydrogens is 193 g/mol. The van der Waals surface area contributed by atoms with Crippen LogP contribution in [0.15, 0.2) is 0 Å². The Kier molecular flexibility index (Phi) is 3.22. The molecule has 1 aliphatic rings. The highest BCUT2D eigenvalue weighted by molar-refractivity contribution is 5.84. The Balaban J connectivity index is 2.42. The van der Waals surface area contributed by atoms with Gasteiger partial charge in [0, 0.05) is 11.8 Å². The molecule has 1 saturated carbocycles. The van der Waals surface area contributed by atoms with Crippen LogP contribution in [-0.2, 0) is 4.79 Å². The van der Waals surface area contributed by atoms with Gasteiger partial charge >= 0.3 is 6.18 Å². The first-order valence-corrected chi connectivity index (χ1v) is 4.94. The summed E-state index contributed by atoms with van der Waals surface area (Å²) in [7, 11) is 0. The van der Waals surface area contributed by atoms with Crippen molar-refractivity contribution in [3.63, 3.8) is 0 Å². The summed E-state index contributed by atoms with van der Waals surface area (Å²) >= 11 is 0. The Morgan fingerprint density at radius 1 is 1.29 bits per heavy atom. The number of carbonyl (C=O) groups excluding carboxylic acids is 1. The van der Waals surface area contributed by atoms with Crippen molar-refractivity contribution in [3.05, 3.63) is 0 Å². The van der Waals surface area contributed by atoms with Gasteiger partial charge in [0.05, 0.1) is 6.42 Å². The van der Waals surface area contributed by atoms with E-state index >= 15 is 0 Å². The summed E-state index contributed by atoms with van der Waals surface area (Å²) in [5.41, 5.74) is -0.467. The van der Waals surface area contributed by atoms with Crippen molar-refractivity contribution in [2.75, 3.05) is 0 Å². The Bertz CT molecular complexity index is 214. The van der Waals surface area contributed by atoms with Crippen molar-refractivity contribution in [3.8, 4) is 0 Å². The molecule has 0 radical (unpaired) electrons. The van der Waals surface area contributed by atoms with E-state index in [1.165, 1.54) is 0 Å². The molecule has 0 N–H and O–H groups in total. The third-order valence-electron chi connectivity index (χ3n) is 3.02. The predicted molar refractivity (Wildman–Crippen MR) is 46.9 cm³/mol. The zero-order valence-corrected chi connectivity index (χ0v) is 8.28. The first-order valence-electron chi connectivity index (χ1n) is 4.94. The third kappa shape index (κ3) is 3.00. The molecule has 0 saturated heterocycles. The maximum atomic E-state index is 11.9. The lowest BCUT2D eigenvalue weighted by Crippen LogP contribution is -2.25. The summed E-state index contributed by atoms with van der Waals surface area (Å²) in [5.74, 6) is -0.215. The first-order chi connectivity index (χ1) is 6.33. The van der Waals surface area contributed by atoms with Crippen LogP contribution < -0.4 is 0 Å². The zero-order valence-electron chi connectivity index (χ0n) is 8.28. The fourth-order valence-electron chi connectivity index (χ4n) is 1.99. The van der Waals surface area contributed by atoms with Crippen LogP contribution in [0, 0.1) is 5.41 Å². The van der Waals surface area contributed by atoms with Gasteiger partial charge in [0.25, 0.3) is 0 Å². The number of ketones is 1. The fraction of sp³-hybridized carbons (Fsp3) is 0.900. The Morgan fingerprint density at radius 3 is 2.21 bits per heavy atom. The second kappa shape index (κ2) is 3.91. The van der Waals surface area contributed by atoms with E-state index < -0.39 is 18.0 Å². The van der Waals surface area contributed by atoms with Gasteiger partial charge in [-0.3, -0.25) is 4.79 Å². The van der Waals surface area contributed by atoms with Crippen molar-refractivity contribution in [2.45, 2.75) is 51.6 Å². The largest absolute Gasteiger partial charge is 0.389 e. The lowest BCUT2D eigenvalue weighted by Gasteiger charge is -2.21. The number of rotatable bonds is 3. The molecule has 0 spiro atoms. The van der Waals surface area contributed by atoms with Crippen LogP contribution in [0.3, 0.4) is 0 Å². The fourth-order valence-corrected chi connectivity index (χ4v) is 1.99. The molecule has 1 fully saturated rings.